The Morgan fingerprint density at radius 2 is 1.75 bits per heavy atom. The summed E-state index contributed by atoms with van der Waals surface area (Å²) in [5, 5.41) is 0. The SMILES string of the molecule is CCn1c(C(C)C)nc(-c2cc(F)c(F)c(F)c2)c1N. The van der Waals surface area contributed by atoms with Gasteiger partial charge in [-0.05, 0) is 19.1 Å². The molecule has 6 heteroatoms. The minimum atomic E-state index is -1.49. The van der Waals surface area contributed by atoms with Crippen molar-refractivity contribution in [3.8, 4) is 11.3 Å². The highest BCUT2D eigenvalue weighted by atomic mass is 19.2. The lowest BCUT2D eigenvalue weighted by atomic mass is 10.1. The van der Waals surface area contributed by atoms with E-state index in [1.165, 1.54) is 0 Å². The van der Waals surface area contributed by atoms with Crippen molar-refractivity contribution < 1.29 is 13.2 Å². The van der Waals surface area contributed by atoms with Crippen LogP contribution in [-0.2, 0) is 6.54 Å². The van der Waals surface area contributed by atoms with Crippen molar-refractivity contribution in [2.24, 2.45) is 0 Å². The molecule has 0 amide bonds. The van der Waals surface area contributed by atoms with Crippen LogP contribution in [0, 0.1) is 17.5 Å². The van der Waals surface area contributed by atoms with Crippen molar-refractivity contribution in [2.45, 2.75) is 33.2 Å². The van der Waals surface area contributed by atoms with Crippen LogP contribution in [0.1, 0.15) is 32.5 Å². The molecule has 0 saturated carbocycles. The molecule has 0 atom stereocenters. The second-order valence-corrected chi connectivity index (χ2v) is 4.86. The molecule has 0 aliphatic carbocycles. The van der Waals surface area contributed by atoms with Crippen molar-refractivity contribution >= 4 is 5.82 Å². The zero-order chi connectivity index (χ0) is 15.0. The van der Waals surface area contributed by atoms with Crippen LogP contribution in [0.4, 0.5) is 19.0 Å². The van der Waals surface area contributed by atoms with Gasteiger partial charge >= 0.3 is 0 Å². The molecule has 1 aromatic carbocycles. The quantitative estimate of drug-likeness (QED) is 0.873. The lowest BCUT2D eigenvalue weighted by Crippen LogP contribution is -2.06. The number of aromatic nitrogens is 2. The largest absolute Gasteiger partial charge is 0.383 e. The molecule has 2 aromatic rings. The van der Waals surface area contributed by atoms with E-state index in [2.05, 4.69) is 4.98 Å². The van der Waals surface area contributed by atoms with E-state index < -0.39 is 17.5 Å². The standard InChI is InChI=1S/C14H16F3N3/c1-4-20-13(18)12(19-14(20)7(2)3)8-5-9(15)11(17)10(16)6-8/h5-7H,4,18H2,1-3H3. The highest BCUT2D eigenvalue weighted by Crippen LogP contribution is 2.31. The summed E-state index contributed by atoms with van der Waals surface area (Å²) >= 11 is 0. The van der Waals surface area contributed by atoms with Gasteiger partial charge in [0, 0.05) is 18.0 Å². The first-order valence-corrected chi connectivity index (χ1v) is 6.37. The van der Waals surface area contributed by atoms with E-state index in [1.807, 2.05) is 20.8 Å². The van der Waals surface area contributed by atoms with E-state index in [0.717, 1.165) is 18.0 Å². The van der Waals surface area contributed by atoms with Crippen molar-refractivity contribution in [2.75, 3.05) is 5.73 Å². The monoisotopic (exact) mass is 283 g/mol. The predicted octanol–water partition coefficient (Wildman–Crippen LogP) is 3.69. The van der Waals surface area contributed by atoms with Gasteiger partial charge in [-0.25, -0.2) is 18.2 Å². The van der Waals surface area contributed by atoms with E-state index >= 15 is 0 Å². The van der Waals surface area contributed by atoms with Crippen molar-refractivity contribution in [1.29, 1.82) is 0 Å². The van der Waals surface area contributed by atoms with E-state index in [1.54, 1.807) is 4.57 Å². The third-order valence-electron chi connectivity index (χ3n) is 3.13. The van der Waals surface area contributed by atoms with E-state index in [-0.39, 0.29) is 17.2 Å². The van der Waals surface area contributed by atoms with Gasteiger partial charge in [0.1, 0.15) is 17.3 Å². The van der Waals surface area contributed by atoms with E-state index in [9.17, 15) is 13.2 Å². The van der Waals surface area contributed by atoms with Gasteiger partial charge in [0.05, 0.1) is 0 Å². The fraction of sp³-hybridized carbons (Fsp3) is 0.357. The zero-order valence-corrected chi connectivity index (χ0v) is 11.5. The maximum Gasteiger partial charge on any atom is 0.194 e. The normalized spacial score (nSPS) is 11.3. The molecule has 1 aromatic heterocycles. The Morgan fingerprint density at radius 1 is 1.20 bits per heavy atom. The minimum absolute atomic E-state index is 0.112. The molecule has 0 saturated heterocycles. The summed E-state index contributed by atoms with van der Waals surface area (Å²) in [6, 6.07) is 1.81. The third-order valence-corrected chi connectivity index (χ3v) is 3.13. The van der Waals surface area contributed by atoms with Crippen LogP contribution in [0.3, 0.4) is 0 Å². The molecule has 0 aliphatic heterocycles. The average Bonchev–Trinajstić information content (AvgIpc) is 2.72. The maximum atomic E-state index is 13.3. The van der Waals surface area contributed by atoms with Gasteiger partial charge in [0.2, 0.25) is 0 Å². The number of hydrogen-bond acceptors (Lipinski definition) is 2. The molecule has 1 heterocycles. The molecule has 0 fully saturated rings. The van der Waals surface area contributed by atoms with Crippen molar-refractivity contribution in [3.05, 3.63) is 35.4 Å². The number of benzene rings is 1. The fourth-order valence-electron chi connectivity index (χ4n) is 2.16. The molecule has 2 rings (SSSR count). The lowest BCUT2D eigenvalue weighted by Gasteiger charge is -2.08. The summed E-state index contributed by atoms with van der Waals surface area (Å²) in [6.07, 6.45) is 0. The van der Waals surface area contributed by atoms with Crippen LogP contribution in [0.15, 0.2) is 12.1 Å². The zero-order valence-electron chi connectivity index (χ0n) is 11.5. The smallest absolute Gasteiger partial charge is 0.194 e. The molecule has 2 N–H and O–H groups in total. The Balaban J connectivity index is 2.64. The van der Waals surface area contributed by atoms with Gasteiger partial charge in [0.25, 0.3) is 0 Å². The number of nitrogens with two attached hydrogens (primary N) is 1. The summed E-state index contributed by atoms with van der Waals surface area (Å²) in [5.41, 5.74) is 6.39. The fourth-order valence-corrected chi connectivity index (χ4v) is 2.16. The van der Waals surface area contributed by atoms with Crippen molar-refractivity contribution in [1.82, 2.24) is 9.55 Å². The highest BCUT2D eigenvalue weighted by Gasteiger charge is 2.20. The molecule has 3 nitrogen and oxygen atoms in total. The highest BCUT2D eigenvalue weighted by molar-refractivity contribution is 5.71. The van der Waals surface area contributed by atoms with Crippen LogP contribution in [-0.4, -0.2) is 9.55 Å². The minimum Gasteiger partial charge on any atom is -0.383 e. The van der Waals surface area contributed by atoms with Crippen LogP contribution >= 0.6 is 0 Å². The Bertz CT molecular complexity index is 624. The van der Waals surface area contributed by atoms with Crippen molar-refractivity contribution in [3.63, 3.8) is 0 Å². The topological polar surface area (TPSA) is 43.8 Å². The first-order valence-electron chi connectivity index (χ1n) is 6.37. The molecule has 0 aliphatic rings. The maximum absolute atomic E-state index is 13.3. The van der Waals surface area contributed by atoms with Crippen LogP contribution in [0.25, 0.3) is 11.3 Å². The Hall–Kier alpha value is -1.98. The summed E-state index contributed by atoms with van der Waals surface area (Å²) in [6.45, 7) is 6.39. The number of rotatable bonds is 3. The van der Waals surface area contributed by atoms with E-state index in [4.69, 9.17) is 5.73 Å². The number of anilines is 1. The lowest BCUT2D eigenvalue weighted by molar-refractivity contribution is 0.447. The van der Waals surface area contributed by atoms with Gasteiger partial charge in [-0.1, -0.05) is 13.8 Å². The Labute approximate surface area is 115 Å². The van der Waals surface area contributed by atoms with Gasteiger partial charge < -0.3 is 10.3 Å². The molecule has 0 bridgehead atoms. The van der Waals surface area contributed by atoms with Gasteiger partial charge in [-0.2, -0.15) is 0 Å². The van der Waals surface area contributed by atoms with Crippen LogP contribution in [0.5, 0.6) is 0 Å². The Morgan fingerprint density at radius 3 is 2.15 bits per heavy atom. The molecular weight excluding hydrogens is 267 g/mol. The van der Waals surface area contributed by atoms with Crippen LogP contribution in [0.2, 0.25) is 0 Å². The number of nitrogen functional groups attached to an aromatic ring is 1. The third kappa shape index (κ3) is 2.26. The molecule has 108 valence electrons. The molecule has 0 spiro atoms. The molecular formula is C14H16F3N3. The second-order valence-electron chi connectivity index (χ2n) is 4.86. The molecule has 0 radical (unpaired) electrons. The van der Waals surface area contributed by atoms with Crippen LogP contribution < -0.4 is 5.73 Å². The van der Waals surface area contributed by atoms with E-state index in [0.29, 0.717) is 12.4 Å². The van der Waals surface area contributed by atoms with Gasteiger partial charge in [-0.3, -0.25) is 0 Å². The number of imidazole rings is 1. The van der Waals surface area contributed by atoms with Gasteiger partial charge in [0.15, 0.2) is 17.5 Å². The van der Waals surface area contributed by atoms with Gasteiger partial charge in [-0.15, -0.1) is 0 Å². The summed E-state index contributed by atoms with van der Waals surface area (Å²) in [5.74, 6) is -2.84. The summed E-state index contributed by atoms with van der Waals surface area (Å²) in [4.78, 5) is 4.34. The summed E-state index contributed by atoms with van der Waals surface area (Å²) in [7, 11) is 0. The first kappa shape index (κ1) is 14.4. The molecule has 20 heavy (non-hydrogen) atoms. The average molecular weight is 283 g/mol. The first-order chi connectivity index (χ1) is 9.36. The summed E-state index contributed by atoms with van der Waals surface area (Å²) < 4.78 is 41.4. The Kier molecular flexibility index (Phi) is 3.74. The molecule has 0 unspecified atom stereocenters. The number of hydrogen-bond donors (Lipinski definition) is 1. The number of nitrogens with zero attached hydrogens (tertiary/aromatic N) is 2. The predicted molar refractivity (Wildman–Crippen MR) is 71.7 cm³/mol. The number of halogens is 3. The second kappa shape index (κ2) is 5.19.